The molecule has 0 aromatic heterocycles. The quantitative estimate of drug-likeness (QED) is 0.564. The Balaban J connectivity index is 1.50. The zero-order chi connectivity index (χ0) is 18.9. The van der Waals surface area contributed by atoms with E-state index in [9.17, 15) is 4.79 Å². The SMILES string of the molecule is COc1ccc(OCCCC(=O)Nc2ccccc2-c2ccccc2)cc1. The Kier molecular flexibility index (Phi) is 6.47. The third-order valence-corrected chi connectivity index (χ3v) is 4.16. The first-order valence-electron chi connectivity index (χ1n) is 8.97. The van der Waals surface area contributed by atoms with Crippen molar-refractivity contribution in [2.45, 2.75) is 12.8 Å². The Labute approximate surface area is 159 Å². The van der Waals surface area contributed by atoms with Crippen LogP contribution in [0.1, 0.15) is 12.8 Å². The molecule has 0 saturated heterocycles. The van der Waals surface area contributed by atoms with E-state index in [-0.39, 0.29) is 5.91 Å². The fraction of sp³-hybridized carbons (Fsp3) is 0.174. The minimum Gasteiger partial charge on any atom is -0.497 e. The van der Waals surface area contributed by atoms with Crippen LogP contribution in [-0.4, -0.2) is 19.6 Å². The summed E-state index contributed by atoms with van der Waals surface area (Å²) in [7, 11) is 1.63. The number of hydrogen-bond donors (Lipinski definition) is 1. The third kappa shape index (κ3) is 5.35. The lowest BCUT2D eigenvalue weighted by Gasteiger charge is -2.11. The molecule has 4 nitrogen and oxygen atoms in total. The van der Waals surface area contributed by atoms with E-state index in [1.165, 1.54) is 0 Å². The van der Waals surface area contributed by atoms with Crippen molar-refractivity contribution in [2.75, 3.05) is 19.0 Å². The van der Waals surface area contributed by atoms with Crippen molar-refractivity contribution in [3.05, 3.63) is 78.9 Å². The van der Waals surface area contributed by atoms with Crippen LogP contribution in [0.4, 0.5) is 5.69 Å². The van der Waals surface area contributed by atoms with E-state index in [0.717, 1.165) is 28.3 Å². The number of carbonyl (C=O) groups is 1. The zero-order valence-electron chi connectivity index (χ0n) is 15.4. The van der Waals surface area contributed by atoms with Gasteiger partial charge in [0.15, 0.2) is 0 Å². The summed E-state index contributed by atoms with van der Waals surface area (Å²) < 4.78 is 10.8. The number of hydrogen-bond acceptors (Lipinski definition) is 3. The molecule has 0 heterocycles. The standard InChI is InChI=1S/C23H23NO3/c1-26-19-13-15-20(16-14-19)27-17-7-12-23(25)24-22-11-6-5-10-21(22)18-8-3-2-4-9-18/h2-6,8-11,13-16H,7,12,17H2,1H3,(H,24,25). The third-order valence-electron chi connectivity index (χ3n) is 4.16. The van der Waals surface area contributed by atoms with Crippen molar-refractivity contribution in [3.63, 3.8) is 0 Å². The monoisotopic (exact) mass is 361 g/mol. The predicted molar refractivity (Wildman–Crippen MR) is 108 cm³/mol. The second kappa shape index (κ2) is 9.43. The summed E-state index contributed by atoms with van der Waals surface area (Å²) in [4.78, 5) is 12.3. The molecule has 0 unspecified atom stereocenters. The Bertz CT molecular complexity index is 860. The van der Waals surface area contributed by atoms with Crippen molar-refractivity contribution in [1.29, 1.82) is 0 Å². The summed E-state index contributed by atoms with van der Waals surface area (Å²) in [5.74, 6) is 1.54. The topological polar surface area (TPSA) is 47.6 Å². The summed E-state index contributed by atoms with van der Waals surface area (Å²) in [5.41, 5.74) is 2.92. The highest BCUT2D eigenvalue weighted by atomic mass is 16.5. The Morgan fingerprint density at radius 2 is 1.52 bits per heavy atom. The van der Waals surface area contributed by atoms with Crippen molar-refractivity contribution in [3.8, 4) is 22.6 Å². The molecular formula is C23H23NO3. The Hall–Kier alpha value is -3.27. The normalized spacial score (nSPS) is 10.3. The summed E-state index contributed by atoms with van der Waals surface area (Å²) in [6.45, 7) is 0.486. The van der Waals surface area contributed by atoms with E-state index in [0.29, 0.717) is 19.4 Å². The van der Waals surface area contributed by atoms with Gasteiger partial charge in [0.1, 0.15) is 11.5 Å². The van der Waals surface area contributed by atoms with Crippen LogP contribution >= 0.6 is 0 Å². The molecule has 27 heavy (non-hydrogen) atoms. The van der Waals surface area contributed by atoms with E-state index in [4.69, 9.17) is 9.47 Å². The number of ether oxygens (including phenoxy) is 2. The molecule has 1 N–H and O–H groups in total. The maximum Gasteiger partial charge on any atom is 0.224 e. The maximum atomic E-state index is 12.3. The lowest BCUT2D eigenvalue weighted by Crippen LogP contribution is -2.13. The van der Waals surface area contributed by atoms with E-state index in [1.54, 1.807) is 7.11 Å². The average Bonchev–Trinajstić information content (AvgIpc) is 2.73. The summed E-state index contributed by atoms with van der Waals surface area (Å²) in [5, 5.41) is 3.01. The maximum absolute atomic E-state index is 12.3. The Morgan fingerprint density at radius 3 is 2.26 bits per heavy atom. The molecule has 0 aliphatic carbocycles. The number of para-hydroxylation sites is 1. The fourth-order valence-electron chi connectivity index (χ4n) is 2.77. The van der Waals surface area contributed by atoms with Crippen LogP contribution in [0, 0.1) is 0 Å². The van der Waals surface area contributed by atoms with Gasteiger partial charge in [-0.1, -0.05) is 48.5 Å². The van der Waals surface area contributed by atoms with Gasteiger partial charge in [0.05, 0.1) is 13.7 Å². The van der Waals surface area contributed by atoms with Crippen LogP contribution in [0.25, 0.3) is 11.1 Å². The minimum absolute atomic E-state index is 0.0169. The van der Waals surface area contributed by atoms with Crippen molar-refractivity contribution in [1.82, 2.24) is 0 Å². The van der Waals surface area contributed by atoms with Crippen molar-refractivity contribution >= 4 is 11.6 Å². The summed E-state index contributed by atoms with van der Waals surface area (Å²) in [6, 6.07) is 25.3. The van der Waals surface area contributed by atoms with Gasteiger partial charge in [-0.3, -0.25) is 4.79 Å². The van der Waals surface area contributed by atoms with Gasteiger partial charge in [-0.2, -0.15) is 0 Å². The minimum atomic E-state index is -0.0169. The first-order valence-corrected chi connectivity index (χ1v) is 8.97. The molecule has 3 aromatic carbocycles. The molecule has 0 fully saturated rings. The number of carbonyl (C=O) groups excluding carboxylic acids is 1. The largest absolute Gasteiger partial charge is 0.497 e. The van der Waals surface area contributed by atoms with Gasteiger partial charge in [-0.05, 0) is 42.3 Å². The molecule has 0 bridgehead atoms. The van der Waals surface area contributed by atoms with E-state index < -0.39 is 0 Å². The molecule has 0 aliphatic rings. The second-order valence-corrected chi connectivity index (χ2v) is 6.09. The highest BCUT2D eigenvalue weighted by Gasteiger charge is 2.08. The molecule has 0 radical (unpaired) electrons. The first-order chi connectivity index (χ1) is 13.3. The molecule has 1 amide bonds. The van der Waals surface area contributed by atoms with Crippen LogP contribution in [-0.2, 0) is 4.79 Å². The molecule has 4 heteroatoms. The van der Waals surface area contributed by atoms with Crippen LogP contribution in [0.5, 0.6) is 11.5 Å². The van der Waals surface area contributed by atoms with E-state index in [1.807, 2.05) is 78.9 Å². The molecule has 0 saturated carbocycles. The molecule has 3 rings (SSSR count). The second-order valence-electron chi connectivity index (χ2n) is 6.09. The molecular weight excluding hydrogens is 338 g/mol. The lowest BCUT2D eigenvalue weighted by molar-refractivity contribution is -0.116. The smallest absolute Gasteiger partial charge is 0.224 e. The van der Waals surface area contributed by atoms with Crippen LogP contribution in [0.2, 0.25) is 0 Å². The van der Waals surface area contributed by atoms with Gasteiger partial charge in [-0.25, -0.2) is 0 Å². The zero-order valence-corrected chi connectivity index (χ0v) is 15.4. The predicted octanol–water partition coefficient (Wildman–Crippen LogP) is 5.16. The van der Waals surface area contributed by atoms with Crippen molar-refractivity contribution in [2.24, 2.45) is 0 Å². The van der Waals surface area contributed by atoms with Crippen LogP contribution < -0.4 is 14.8 Å². The fourth-order valence-corrected chi connectivity index (χ4v) is 2.77. The number of benzene rings is 3. The van der Waals surface area contributed by atoms with Crippen LogP contribution in [0.15, 0.2) is 78.9 Å². The van der Waals surface area contributed by atoms with E-state index >= 15 is 0 Å². The molecule has 3 aromatic rings. The van der Waals surface area contributed by atoms with Crippen LogP contribution in [0.3, 0.4) is 0 Å². The van der Waals surface area contributed by atoms with Gasteiger partial charge >= 0.3 is 0 Å². The van der Waals surface area contributed by atoms with Gasteiger partial charge in [0, 0.05) is 17.7 Å². The van der Waals surface area contributed by atoms with Gasteiger partial charge in [0.25, 0.3) is 0 Å². The van der Waals surface area contributed by atoms with Gasteiger partial charge in [0.2, 0.25) is 5.91 Å². The number of rotatable bonds is 8. The van der Waals surface area contributed by atoms with E-state index in [2.05, 4.69) is 5.32 Å². The number of methoxy groups -OCH3 is 1. The highest BCUT2D eigenvalue weighted by Crippen LogP contribution is 2.27. The van der Waals surface area contributed by atoms with Crippen molar-refractivity contribution < 1.29 is 14.3 Å². The molecule has 0 atom stereocenters. The average molecular weight is 361 g/mol. The summed E-state index contributed by atoms with van der Waals surface area (Å²) >= 11 is 0. The van der Waals surface area contributed by atoms with Gasteiger partial charge in [-0.15, -0.1) is 0 Å². The molecule has 0 spiro atoms. The Morgan fingerprint density at radius 1 is 0.852 bits per heavy atom. The lowest BCUT2D eigenvalue weighted by atomic mass is 10.0. The number of amides is 1. The first kappa shape index (κ1) is 18.5. The molecule has 0 aliphatic heterocycles. The number of anilines is 1. The molecule has 138 valence electrons. The van der Waals surface area contributed by atoms with Gasteiger partial charge < -0.3 is 14.8 Å². The highest BCUT2D eigenvalue weighted by molar-refractivity contribution is 5.95. The summed E-state index contributed by atoms with van der Waals surface area (Å²) in [6.07, 6.45) is 1.05. The number of nitrogens with one attached hydrogen (secondary N) is 1.